The first-order valence-corrected chi connectivity index (χ1v) is 10.9. The van der Waals surface area contributed by atoms with Crippen molar-refractivity contribution >= 4 is 23.0 Å². The van der Waals surface area contributed by atoms with E-state index < -0.39 is 24.0 Å². The van der Waals surface area contributed by atoms with Crippen molar-refractivity contribution in [2.24, 2.45) is 0 Å². The predicted octanol–water partition coefficient (Wildman–Crippen LogP) is 5.91. The highest BCUT2D eigenvalue weighted by molar-refractivity contribution is 6.01. The molecular weight excluding hydrogens is 465 g/mol. The van der Waals surface area contributed by atoms with Gasteiger partial charge in [0.25, 0.3) is 0 Å². The van der Waals surface area contributed by atoms with E-state index in [2.05, 4.69) is 10.1 Å². The molecule has 35 heavy (non-hydrogen) atoms. The van der Waals surface area contributed by atoms with Gasteiger partial charge < -0.3 is 24.1 Å². The summed E-state index contributed by atoms with van der Waals surface area (Å²) in [5.41, 5.74) is 1.96. The van der Waals surface area contributed by atoms with Crippen LogP contribution in [0.4, 0.5) is 18.0 Å². The van der Waals surface area contributed by atoms with Gasteiger partial charge >= 0.3 is 18.4 Å². The molecule has 0 spiro atoms. The molecule has 0 aliphatic heterocycles. The maximum absolute atomic E-state index is 12.5. The smallest absolute Gasteiger partial charge is 0.465 e. The molecule has 1 aromatic heterocycles. The van der Waals surface area contributed by atoms with Gasteiger partial charge in [0.1, 0.15) is 11.4 Å². The Hall–Kier alpha value is -3.69. The zero-order valence-electron chi connectivity index (χ0n) is 19.9. The van der Waals surface area contributed by atoms with Crippen molar-refractivity contribution in [1.82, 2.24) is 9.88 Å². The van der Waals surface area contributed by atoms with E-state index in [-0.39, 0.29) is 5.75 Å². The van der Waals surface area contributed by atoms with E-state index in [0.29, 0.717) is 30.6 Å². The molecule has 0 aliphatic carbocycles. The van der Waals surface area contributed by atoms with Gasteiger partial charge in [0.05, 0.1) is 12.7 Å². The number of benzene rings is 2. The molecule has 7 nitrogen and oxygen atoms in total. The molecule has 1 heterocycles. The van der Waals surface area contributed by atoms with Crippen LogP contribution < -0.4 is 10.1 Å². The third-order valence-corrected chi connectivity index (χ3v) is 4.95. The Morgan fingerprint density at radius 2 is 1.71 bits per heavy atom. The molecule has 0 radical (unpaired) electrons. The minimum Gasteiger partial charge on any atom is -0.465 e. The summed E-state index contributed by atoms with van der Waals surface area (Å²) in [6, 6.07) is 10.6. The molecule has 3 aromatic rings. The van der Waals surface area contributed by atoms with Crippen LogP contribution in [0.25, 0.3) is 22.0 Å². The second kappa shape index (κ2) is 10.3. The van der Waals surface area contributed by atoms with E-state index in [9.17, 15) is 22.8 Å². The van der Waals surface area contributed by atoms with Crippen LogP contribution in [0.2, 0.25) is 0 Å². The molecule has 0 aliphatic rings. The molecule has 0 bridgehead atoms. The Labute approximate surface area is 200 Å². The van der Waals surface area contributed by atoms with Crippen LogP contribution in [0.5, 0.6) is 5.75 Å². The number of alkyl carbamates (subject to hydrolysis) is 1. The highest BCUT2D eigenvalue weighted by Crippen LogP contribution is 2.33. The van der Waals surface area contributed by atoms with Gasteiger partial charge in [0, 0.05) is 35.8 Å². The molecule has 0 atom stereocenters. The van der Waals surface area contributed by atoms with E-state index in [1.54, 1.807) is 39.0 Å². The number of esters is 1. The highest BCUT2D eigenvalue weighted by atomic mass is 19.4. The number of methoxy groups -OCH3 is 1. The standard InChI is InChI=1S/C25H27F3N2O5/c1-24(2,3)35-23(32)29-12-5-13-30-15-20(16-6-9-18(10-7-16)34-25(26,27)28)19-14-17(22(31)33-4)8-11-21(19)30/h6-11,14-15H,5,12-13H2,1-4H3,(H,29,32). The van der Waals surface area contributed by atoms with Crippen molar-refractivity contribution in [3.8, 4) is 16.9 Å². The number of alkyl halides is 3. The summed E-state index contributed by atoms with van der Waals surface area (Å²) in [6.07, 6.45) is -2.82. The lowest BCUT2D eigenvalue weighted by Gasteiger charge is -2.19. The summed E-state index contributed by atoms with van der Waals surface area (Å²) in [5, 5.41) is 3.44. The minimum absolute atomic E-state index is 0.326. The molecule has 188 valence electrons. The number of carbonyl (C=O) groups excluding carboxylic acids is 2. The molecule has 0 saturated heterocycles. The summed E-state index contributed by atoms with van der Waals surface area (Å²) in [7, 11) is 1.29. The molecule has 1 amide bonds. The van der Waals surface area contributed by atoms with Gasteiger partial charge in [-0.2, -0.15) is 0 Å². The van der Waals surface area contributed by atoms with Gasteiger partial charge in [-0.3, -0.25) is 0 Å². The first-order valence-electron chi connectivity index (χ1n) is 10.9. The molecule has 0 fully saturated rings. The number of rotatable bonds is 7. The number of ether oxygens (including phenoxy) is 3. The van der Waals surface area contributed by atoms with Crippen molar-refractivity contribution in [1.29, 1.82) is 0 Å². The fourth-order valence-corrected chi connectivity index (χ4v) is 3.55. The lowest BCUT2D eigenvalue weighted by atomic mass is 10.0. The number of carbonyl (C=O) groups is 2. The Morgan fingerprint density at radius 3 is 2.31 bits per heavy atom. The van der Waals surface area contributed by atoms with Crippen molar-refractivity contribution in [2.45, 2.75) is 45.7 Å². The van der Waals surface area contributed by atoms with Gasteiger partial charge in [-0.15, -0.1) is 13.2 Å². The summed E-state index contributed by atoms with van der Waals surface area (Å²) < 4.78 is 53.5. The van der Waals surface area contributed by atoms with Gasteiger partial charge in [-0.25, -0.2) is 9.59 Å². The first-order chi connectivity index (χ1) is 16.4. The largest absolute Gasteiger partial charge is 0.573 e. The fourth-order valence-electron chi connectivity index (χ4n) is 3.55. The second-order valence-corrected chi connectivity index (χ2v) is 8.81. The third kappa shape index (κ3) is 7.14. The van der Waals surface area contributed by atoms with Crippen molar-refractivity contribution in [2.75, 3.05) is 13.7 Å². The normalized spacial score (nSPS) is 11.9. The maximum Gasteiger partial charge on any atom is 0.573 e. The molecule has 0 saturated carbocycles. The van der Waals surface area contributed by atoms with Gasteiger partial charge in [0.2, 0.25) is 0 Å². The topological polar surface area (TPSA) is 78.8 Å². The number of halogens is 3. The summed E-state index contributed by atoms with van der Waals surface area (Å²) in [4.78, 5) is 23.9. The summed E-state index contributed by atoms with van der Waals surface area (Å²) in [6.45, 7) is 6.27. The number of fused-ring (bicyclic) bond motifs is 1. The average molecular weight is 492 g/mol. The molecule has 2 aromatic carbocycles. The van der Waals surface area contributed by atoms with Gasteiger partial charge in [-0.05, 0) is 63.1 Å². The van der Waals surface area contributed by atoms with E-state index in [4.69, 9.17) is 9.47 Å². The van der Waals surface area contributed by atoms with Crippen LogP contribution in [0.3, 0.4) is 0 Å². The average Bonchev–Trinajstić information content (AvgIpc) is 3.12. The summed E-state index contributed by atoms with van der Waals surface area (Å²) in [5.74, 6) is -0.824. The van der Waals surface area contributed by atoms with Gasteiger partial charge in [0.15, 0.2) is 0 Å². The molecule has 10 heteroatoms. The van der Waals surface area contributed by atoms with Crippen LogP contribution >= 0.6 is 0 Å². The SMILES string of the molecule is COC(=O)c1ccc2c(c1)c(-c1ccc(OC(F)(F)F)cc1)cn2CCCNC(=O)OC(C)(C)C. The Morgan fingerprint density at radius 1 is 1.03 bits per heavy atom. The lowest BCUT2D eigenvalue weighted by Crippen LogP contribution is -2.33. The minimum atomic E-state index is -4.78. The molecular formula is C25H27F3N2O5. The number of amides is 1. The quantitative estimate of drug-likeness (QED) is 0.328. The van der Waals surface area contributed by atoms with E-state index in [0.717, 1.165) is 16.5 Å². The number of aryl methyl sites for hydroxylation is 1. The van der Waals surface area contributed by atoms with Crippen LogP contribution in [-0.2, 0) is 16.0 Å². The van der Waals surface area contributed by atoms with Crippen molar-refractivity contribution < 1.29 is 37.0 Å². The number of hydrogen-bond donors (Lipinski definition) is 1. The van der Waals surface area contributed by atoms with Crippen molar-refractivity contribution in [3.05, 3.63) is 54.2 Å². The number of nitrogens with zero attached hydrogens (tertiary/aromatic N) is 1. The number of hydrogen-bond acceptors (Lipinski definition) is 5. The molecule has 0 unspecified atom stereocenters. The Kier molecular flexibility index (Phi) is 7.62. The molecule has 3 rings (SSSR count). The van der Waals surface area contributed by atoms with E-state index >= 15 is 0 Å². The zero-order valence-corrected chi connectivity index (χ0v) is 19.9. The summed E-state index contributed by atoms with van der Waals surface area (Å²) >= 11 is 0. The number of nitrogens with one attached hydrogen (secondary N) is 1. The van der Waals surface area contributed by atoms with Crippen LogP contribution in [0, 0.1) is 0 Å². The Balaban J connectivity index is 1.85. The third-order valence-electron chi connectivity index (χ3n) is 4.95. The second-order valence-electron chi connectivity index (χ2n) is 8.81. The van der Waals surface area contributed by atoms with Crippen LogP contribution in [0.1, 0.15) is 37.6 Å². The van der Waals surface area contributed by atoms with Crippen molar-refractivity contribution in [3.63, 3.8) is 0 Å². The van der Waals surface area contributed by atoms with E-state index in [1.807, 2.05) is 10.8 Å². The monoisotopic (exact) mass is 492 g/mol. The Bertz CT molecular complexity index is 1190. The maximum atomic E-state index is 12.5. The van der Waals surface area contributed by atoms with Crippen LogP contribution in [-0.4, -0.2) is 42.2 Å². The van der Waals surface area contributed by atoms with E-state index in [1.165, 1.54) is 31.4 Å². The zero-order chi connectivity index (χ0) is 25.8. The lowest BCUT2D eigenvalue weighted by molar-refractivity contribution is -0.274. The van der Waals surface area contributed by atoms with Crippen LogP contribution in [0.15, 0.2) is 48.7 Å². The number of aromatic nitrogens is 1. The first kappa shape index (κ1) is 25.9. The highest BCUT2D eigenvalue weighted by Gasteiger charge is 2.31. The fraction of sp³-hybridized carbons (Fsp3) is 0.360. The predicted molar refractivity (Wildman–Crippen MR) is 124 cm³/mol. The van der Waals surface area contributed by atoms with Gasteiger partial charge in [-0.1, -0.05) is 12.1 Å². The molecule has 1 N–H and O–H groups in total.